The minimum absolute atomic E-state index is 0.380. The van der Waals surface area contributed by atoms with Crippen LogP contribution in [0.3, 0.4) is 0 Å². The van der Waals surface area contributed by atoms with Gasteiger partial charge in [-0.1, -0.05) is 23.2 Å². The van der Waals surface area contributed by atoms with E-state index < -0.39 is 5.97 Å². The van der Waals surface area contributed by atoms with Gasteiger partial charge < -0.3 is 9.30 Å². The van der Waals surface area contributed by atoms with Crippen LogP contribution in [0.1, 0.15) is 21.7 Å². The van der Waals surface area contributed by atoms with E-state index in [1.54, 1.807) is 60.8 Å². The van der Waals surface area contributed by atoms with Gasteiger partial charge in [-0.15, -0.1) is 0 Å². The predicted octanol–water partition coefficient (Wildman–Crippen LogP) is 5.08. The van der Waals surface area contributed by atoms with Crippen LogP contribution in [0.4, 0.5) is 0 Å². The first-order valence-electron chi connectivity index (χ1n) is 7.45. The van der Waals surface area contributed by atoms with E-state index >= 15 is 0 Å². The van der Waals surface area contributed by atoms with Gasteiger partial charge >= 0.3 is 5.97 Å². The van der Waals surface area contributed by atoms with E-state index in [1.165, 1.54) is 0 Å². The fraction of sp³-hybridized carbons (Fsp3) is 0.0526. The number of benzene rings is 2. The number of aromatic nitrogens is 2. The zero-order valence-electron chi connectivity index (χ0n) is 13.3. The van der Waals surface area contributed by atoms with Crippen LogP contribution in [0, 0.1) is 0 Å². The van der Waals surface area contributed by atoms with E-state index in [2.05, 4.69) is 4.98 Å². The van der Waals surface area contributed by atoms with Gasteiger partial charge in [-0.25, -0.2) is 9.78 Å². The zero-order chi connectivity index (χ0) is 17.8. The van der Waals surface area contributed by atoms with Crippen LogP contribution in [0.2, 0.25) is 10.0 Å². The first-order chi connectivity index (χ1) is 12.0. The monoisotopic (exact) mass is 372 g/mol. The highest BCUT2D eigenvalue weighted by Crippen LogP contribution is 2.23. The minimum Gasteiger partial charge on any atom is -0.422 e. The van der Waals surface area contributed by atoms with Crippen molar-refractivity contribution in [1.29, 1.82) is 0 Å². The molecule has 0 aliphatic heterocycles. The van der Waals surface area contributed by atoms with E-state index in [-0.39, 0.29) is 0 Å². The molecule has 0 amide bonds. The second-order valence-corrected chi connectivity index (χ2v) is 6.18. The third-order valence-corrected chi connectivity index (χ3v) is 4.03. The molecule has 1 aromatic heterocycles. The van der Waals surface area contributed by atoms with Gasteiger partial charge in [0.25, 0.3) is 0 Å². The average Bonchev–Trinajstić information content (AvgIpc) is 3.00. The van der Waals surface area contributed by atoms with E-state index in [9.17, 15) is 4.79 Å². The first kappa shape index (κ1) is 17.3. The Hall–Kier alpha value is -2.56. The molecule has 3 rings (SSSR count). The van der Waals surface area contributed by atoms with Gasteiger partial charge in [-0.3, -0.25) is 0 Å². The standard InChI is InChI=1S/C19H14Cl2N2O2/c1-23-11-10-22-18(23)12-17(13-2-6-15(20)7-3-13)25-19(24)14-4-8-16(21)9-5-14/h2-12H,1H3. The topological polar surface area (TPSA) is 44.1 Å². The molecule has 2 aromatic carbocycles. The second-order valence-electron chi connectivity index (χ2n) is 5.31. The van der Waals surface area contributed by atoms with Crippen molar-refractivity contribution in [2.24, 2.45) is 7.05 Å². The van der Waals surface area contributed by atoms with Gasteiger partial charge in [0.2, 0.25) is 0 Å². The van der Waals surface area contributed by atoms with Crippen molar-refractivity contribution in [3.8, 4) is 0 Å². The average molecular weight is 373 g/mol. The Labute approximate surface area is 155 Å². The number of esters is 1. The maximum absolute atomic E-state index is 12.5. The molecule has 0 unspecified atom stereocenters. The molecule has 0 fully saturated rings. The maximum atomic E-state index is 12.5. The van der Waals surface area contributed by atoms with Gasteiger partial charge in [-0.2, -0.15) is 0 Å². The number of carbonyl (C=O) groups is 1. The summed E-state index contributed by atoms with van der Waals surface area (Å²) in [7, 11) is 1.86. The normalized spacial score (nSPS) is 11.4. The molecule has 0 spiro atoms. The molecule has 0 aliphatic rings. The molecule has 0 N–H and O–H groups in total. The SMILES string of the molecule is Cn1ccnc1C=C(OC(=O)c1ccc(Cl)cc1)c1ccc(Cl)cc1. The summed E-state index contributed by atoms with van der Waals surface area (Å²) in [6.45, 7) is 0. The summed E-state index contributed by atoms with van der Waals surface area (Å²) in [6, 6.07) is 13.6. The molecule has 0 bridgehead atoms. The third kappa shape index (κ3) is 4.29. The Morgan fingerprint density at radius 1 is 1.00 bits per heavy atom. The molecular formula is C19H14Cl2N2O2. The fourth-order valence-corrected chi connectivity index (χ4v) is 2.42. The molecule has 1 heterocycles. The van der Waals surface area contributed by atoms with Gasteiger partial charge in [0.05, 0.1) is 5.56 Å². The van der Waals surface area contributed by atoms with Gasteiger partial charge in [0.1, 0.15) is 11.6 Å². The quantitative estimate of drug-likeness (QED) is 0.473. The lowest BCUT2D eigenvalue weighted by Crippen LogP contribution is -2.05. The second kappa shape index (κ2) is 7.55. The summed E-state index contributed by atoms with van der Waals surface area (Å²) >= 11 is 11.8. The van der Waals surface area contributed by atoms with Gasteiger partial charge in [0, 0.05) is 41.1 Å². The number of imidazole rings is 1. The number of halogens is 2. The minimum atomic E-state index is -0.480. The van der Waals surface area contributed by atoms with Crippen molar-refractivity contribution < 1.29 is 9.53 Å². The van der Waals surface area contributed by atoms with Crippen molar-refractivity contribution >= 4 is 41.0 Å². The largest absolute Gasteiger partial charge is 0.422 e. The van der Waals surface area contributed by atoms with Crippen LogP contribution < -0.4 is 0 Å². The highest BCUT2D eigenvalue weighted by Gasteiger charge is 2.13. The van der Waals surface area contributed by atoms with Crippen LogP contribution in [0.5, 0.6) is 0 Å². The number of hydrogen-bond donors (Lipinski definition) is 0. The van der Waals surface area contributed by atoms with Crippen molar-refractivity contribution in [1.82, 2.24) is 9.55 Å². The molecule has 6 heteroatoms. The number of nitrogens with zero attached hydrogens (tertiary/aromatic N) is 2. The number of rotatable bonds is 4. The van der Waals surface area contributed by atoms with Crippen LogP contribution in [0.15, 0.2) is 60.9 Å². The van der Waals surface area contributed by atoms with Crippen LogP contribution in [-0.4, -0.2) is 15.5 Å². The lowest BCUT2D eigenvalue weighted by molar-refractivity contribution is 0.0693. The summed E-state index contributed by atoms with van der Waals surface area (Å²) in [5, 5.41) is 1.15. The molecule has 0 saturated carbocycles. The number of carbonyl (C=O) groups excluding carboxylic acids is 1. The Bertz CT molecular complexity index is 913. The summed E-state index contributed by atoms with van der Waals surface area (Å²) in [5.41, 5.74) is 1.12. The molecule has 0 aliphatic carbocycles. The lowest BCUT2D eigenvalue weighted by atomic mass is 10.1. The molecular weight excluding hydrogens is 359 g/mol. The van der Waals surface area contributed by atoms with Gasteiger partial charge in [0.15, 0.2) is 0 Å². The predicted molar refractivity (Wildman–Crippen MR) is 99.4 cm³/mol. The molecule has 25 heavy (non-hydrogen) atoms. The van der Waals surface area contributed by atoms with Crippen LogP contribution in [-0.2, 0) is 11.8 Å². The van der Waals surface area contributed by atoms with E-state index in [0.29, 0.717) is 27.2 Å². The molecule has 3 aromatic rings. The smallest absolute Gasteiger partial charge is 0.343 e. The van der Waals surface area contributed by atoms with Crippen LogP contribution >= 0.6 is 23.2 Å². The van der Waals surface area contributed by atoms with Crippen molar-refractivity contribution in [2.75, 3.05) is 0 Å². The van der Waals surface area contributed by atoms with E-state index in [1.807, 2.05) is 17.8 Å². The molecule has 4 nitrogen and oxygen atoms in total. The lowest BCUT2D eigenvalue weighted by Gasteiger charge is -2.10. The maximum Gasteiger partial charge on any atom is 0.343 e. The Morgan fingerprint density at radius 2 is 1.56 bits per heavy atom. The zero-order valence-corrected chi connectivity index (χ0v) is 14.8. The van der Waals surface area contributed by atoms with Crippen molar-refractivity contribution in [2.45, 2.75) is 0 Å². The summed E-state index contributed by atoms with van der Waals surface area (Å²) in [5.74, 6) is 0.562. The van der Waals surface area contributed by atoms with Crippen molar-refractivity contribution in [3.05, 3.63) is 87.9 Å². The van der Waals surface area contributed by atoms with E-state index in [4.69, 9.17) is 27.9 Å². The number of aryl methyl sites for hydroxylation is 1. The first-order valence-corrected chi connectivity index (χ1v) is 8.21. The van der Waals surface area contributed by atoms with Gasteiger partial charge in [-0.05, 0) is 48.5 Å². The van der Waals surface area contributed by atoms with Crippen molar-refractivity contribution in [3.63, 3.8) is 0 Å². The Balaban J connectivity index is 1.95. The summed E-state index contributed by atoms with van der Waals surface area (Å²) in [6.07, 6.45) is 5.19. The fourth-order valence-electron chi connectivity index (χ4n) is 2.16. The summed E-state index contributed by atoms with van der Waals surface area (Å²) in [4.78, 5) is 16.7. The summed E-state index contributed by atoms with van der Waals surface area (Å²) < 4.78 is 7.44. The molecule has 0 saturated heterocycles. The number of hydrogen-bond acceptors (Lipinski definition) is 3. The molecule has 126 valence electrons. The molecule has 0 radical (unpaired) electrons. The molecule has 0 atom stereocenters. The number of ether oxygens (including phenoxy) is 1. The highest BCUT2D eigenvalue weighted by atomic mass is 35.5. The van der Waals surface area contributed by atoms with E-state index in [0.717, 1.165) is 5.56 Å². The highest BCUT2D eigenvalue weighted by molar-refractivity contribution is 6.31. The van der Waals surface area contributed by atoms with Crippen LogP contribution in [0.25, 0.3) is 11.8 Å². The Morgan fingerprint density at radius 3 is 2.08 bits per heavy atom. The Kier molecular flexibility index (Phi) is 5.22. The third-order valence-electron chi connectivity index (χ3n) is 3.53.